The first-order valence-corrected chi connectivity index (χ1v) is 6.64. The second-order valence-corrected chi connectivity index (χ2v) is 4.69. The van der Waals surface area contributed by atoms with Gasteiger partial charge in [0.15, 0.2) is 0 Å². The molecular weight excluding hydrogens is 252 g/mol. The molecule has 0 aliphatic rings. The third-order valence-electron chi connectivity index (χ3n) is 3.13. The lowest BCUT2D eigenvalue weighted by atomic mass is 10.1. The van der Waals surface area contributed by atoms with Gasteiger partial charge >= 0.3 is 0 Å². The molecule has 1 aromatic heterocycles. The fourth-order valence-electron chi connectivity index (χ4n) is 1.98. The molecule has 0 aliphatic heterocycles. The van der Waals surface area contributed by atoms with Crippen LogP contribution in [0.3, 0.4) is 0 Å². The largest absolute Gasteiger partial charge is 0.507 e. The van der Waals surface area contributed by atoms with Crippen LogP contribution in [-0.2, 0) is 6.42 Å². The molecule has 1 aromatic carbocycles. The summed E-state index contributed by atoms with van der Waals surface area (Å²) >= 11 is 0. The van der Waals surface area contributed by atoms with Crippen molar-refractivity contribution < 1.29 is 9.90 Å². The van der Waals surface area contributed by atoms with E-state index in [1.165, 1.54) is 0 Å². The Kier molecular flexibility index (Phi) is 4.71. The maximum atomic E-state index is 11.9. The van der Waals surface area contributed by atoms with Crippen LogP contribution in [-0.4, -0.2) is 22.5 Å². The van der Waals surface area contributed by atoms with Gasteiger partial charge in [0.1, 0.15) is 5.75 Å². The number of phenolic OH excluding ortho intramolecular Hbond substituents is 1. The Morgan fingerprint density at radius 1 is 1.30 bits per heavy atom. The maximum absolute atomic E-state index is 11.9. The van der Waals surface area contributed by atoms with Gasteiger partial charge in [-0.3, -0.25) is 9.78 Å². The third-order valence-corrected chi connectivity index (χ3v) is 3.13. The number of hydrogen-bond acceptors (Lipinski definition) is 3. The lowest BCUT2D eigenvalue weighted by molar-refractivity contribution is 0.0950. The zero-order valence-corrected chi connectivity index (χ0v) is 11.5. The number of aryl methyl sites for hydroxylation is 2. The van der Waals surface area contributed by atoms with Gasteiger partial charge in [-0.05, 0) is 43.0 Å². The maximum Gasteiger partial charge on any atom is 0.255 e. The molecule has 4 nitrogen and oxygen atoms in total. The number of pyridine rings is 1. The van der Waals surface area contributed by atoms with Crippen molar-refractivity contribution in [2.24, 2.45) is 0 Å². The van der Waals surface area contributed by atoms with Crippen LogP contribution in [0.4, 0.5) is 0 Å². The van der Waals surface area contributed by atoms with Crippen LogP contribution >= 0.6 is 0 Å². The smallest absolute Gasteiger partial charge is 0.255 e. The molecule has 0 fully saturated rings. The van der Waals surface area contributed by atoms with Crippen molar-refractivity contribution in [1.82, 2.24) is 10.3 Å². The van der Waals surface area contributed by atoms with Crippen LogP contribution in [0.15, 0.2) is 42.7 Å². The average Bonchev–Trinajstić information content (AvgIpc) is 2.47. The highest BCUT2D eigenvalue weighted by atomic mass is 16.3. The van der Waals surface area contributed by atoms with Crippen molar-refractivity contribution in [1.29, 1.82) is 0 Å². The highest BCUT2D eigenvalue weighted by Crippen LogP contribution is 2.20. The zero-order valence-electron chi connectivity index (χ0n) is 11.5. The van der Waals surface area contributed by atoms with Crippen molar-refractivity contribution >= 4 is 5.91 Å². The van der Waals surface area contributed by atoms with Gasteiger partial charge in [-0.25, -0.2) is 0 Å². The van der Waals surface area contributed by atoms with Crippen LogP contribution in [0, 0.1) is 6.92 Å². The van der Waals surface area contributed by atoms with E-state index in [2.05, 4.69) is 10.3 Å². The Balaban J connectivity index is 1.82. The molecule has 1 heterocycles. The number of rotatable bonds is 5. The molecule has 1 amide bonds. The number of para-hydroxylation sites is 1. The molecular formula is C16H18N2O2. The number of nitrogens with one attached hydrogen (secondary N) is 1. The second-order valence-electron chi connectivity index (χ2n) is 4.69. The van der Waals surface area contributed by atoms with E-state index in [-0.39, 0.29) is 11.7 Å². The summed E-state index contributed by atoms with van der Waals surface area (Å²) in [4.78, 5) is 16.0. The van der Waals surface area contributed by atoms with E-state index >= 15 is 0 Å². The summed E-state index contributed by atoms with van der Waals surface area (Å²) in [6.07, 6.45) is 5.28. The standard InChI is InChI=1S/C16H18N2O2/c1-12-5-2-8-14(15(12)19)16(20)18-10-4-7-13-6-3-9-17-11-13/h2-3,5-6,8-9,11,19H,4,7,10H2,1H3,(H,18,20). The van der Waals surface area contributed by atoms with Crippen LogP contribution in [0.5, 0.6) is 5.75 Å². The van der Waals surface area contributed by atoms with Crippen LogP contribution in [0.25, 0.3) is 0 Å². The van der Waals surface area contributed by atoms with E-state index in [0.29, 0.717) is 17.7 Å². The SMILES string of the molecule is Cc1cccc(C(=O)NCCCc2cccnc2)c1O. The average molecular weight is 270 g/mol. The van der Waals surface area contributed by atoms with E-state index in [9.17, 15) is 9.90 Å². The minimum atomic E-state index is -0.239. The van der Waals surface area contributed by atoms with Gasteiger partial charge in [-0.1, -0.05) is 18.2 Å². The van der Waals surface area contributed by atoms with Crippen molar-refractivity contribution in [3.05, 3.63) is 59.4 Å². The molecule has 0 unspecified atom stereocenters. The van der Waals surface area contributed by atoms with Crippen LogP contribution in [0.1, 0.15) is 27.9 Å². The molecule has 0 atom stereocenters. The lowest BCUT2D eigenvalue weighted by Gasteiger charge is -2.08. The van der Waals surface area contributed by atoms with Crippen molar-refractivity contribution in [3.63, 3.8) is 0 Å². The molecule has 0 spiro atoms. The predicted octanol–water partition coefficient (Wildman–Crippen LogP) is 2.46. The first kappa shape index (κ1) is 14.1. The topological polar surface area (TPSA) is 62.2 Å². The molecule has 0 saturated carbocycles. The minimum absolute atomic E-state index is 0.0530. The summed E-state index contributed by atoms with van der Waals surface area (Å²) in [5.74, 6) is -0.186. The van der Waals surface area contributed by atoms with Crippen LogP contribution in [0.2, 0.25) is 0 Å². The number of aromatic nitrogens is 1. The Hall–Kier alpha value is -2.36. The van der Waals surface area contributed by atoms with Gasteiger partial charge in [0, 0.05) is 18.9 Å². The molecule has 2 rings (SSSR count). The van der Waals surface area contributed by atoms with Gasteiger partial charge < -0.3 is 10.4 Å². The van der Waals surface area contributed by atoms with Gasteiger partial charge in [0.05, 0.1) is 5.56 Å². The first-order valence-electron chi connectivity index (χ1n) is 6.64. The Bertz CT molecular complexity index is 582. The summed E-state index contributed by atoms with van der Waals surface area (Å²) < 4.78 is 0. The number of carbonyl (C=O) groups is 1. The van der Waals surface area contributed by atoms with E-state index < -0.39 is 0 Å². The molecule has 0 bridgehead atoms. The number of amides is 1. The monoisotopic (exact) mass is 270 g/mol. The van der Waals surface area contributed by atoms with Crippen LogP contribution < -0.4 is 5.32 Å². The Morgan fingerprint density at radius 2 is 2.15 bits per heavy atom. The predicted molar refractivity (Wildman–Crippen MR) is 77.7 cm³/mol. The molecule has 2 N–H and O–H groups in total. The van der Waals surface area contributed by atoms with Crippen molar-refractivity contribution in [2.45, 2.75) is 19.8 Å². The Labute approximate surface area is 118 Å². The second kappa shape index (κ2) is 6.70. The van der Waals surface area contributed by atoms with E-state index in [1.54, 1.807) is 31.3 Å². The number of hydrogen-bond donors (Lipinski definition) is 2. The van der Waals surface area contributed by atoms with E-state index in [1.807, 2.05) is 18.3 Å². The fourth-order valence-corrected chi connectivity index (χ4v) is 1.98. The van der Waals surface area contributed by atoms with Crippen molar-refractivity contribution in [2.75, 3.05) is 6.54 Å². The number of phenols is 1. The van der Waals surface area contributed by atoms with Gasteiger partial charge in [-0.15, -0.1) is 0 Å². The summed E-state index contributed by atoms with van der Waals surface area (Å²) in [6.45, 7) is 2.34. The fraction of sp³-hybridized carbons (Fsp3) is 0.250. The quantitative estimate of drug-likeness (QED) is 0.820. The minimum Gasteiger partial charge on any atom is -0.507 e. The molecule has 20 heavy (non-hydrogen) atoms. The Morgan fingerprint density at radius 3 is 2.90 bits per heavy atom. The molecule has 0 radical (unpaired) electrons. The van der Waals surface area contributed by atoms with Gasteiger partial charge in [0.2, 0.25) is 0 Å². The lowest BCUT2D eigenvalue weighted by Crippen LogP contribution is -2.25. The summed E-state index contributed by atoms with van der Waals surface area (Å²) in [6, 6.07) is 9.08. The zero-order chi connectivity index (χ0) is 14.4. The summed E-state index contributed by atoms with van der Waals surface area (Å²) in [5.41, 5.74) is 2.18. The molecule has 104 valence electrons. The summed E-state index contributed by atoms with van der Waals surface area (Å²) in [5, 5.41) is 12.7. The molecule has 2 aromatic rings. The highest BCUT2D eigenvalue weighted by molar-refractivity contribution is 5.97. The van der Waals surface area contributed by atoms with Gasteiger partial charge in [0.25, 0.3) is 5.91 Å². The normalized spacial score (nSPS) is 10.2. The third kappa shape index (κ3) is 3.57. The molecule has 0 saturated heterocycles. The molecule has 0 aliphatic carbocycles. The summed E-state index contributed by atoms with van der Waals surface area (Å²) in [7, 11) is 0. The van der Waals surface area contributed by atoms with Gasteiger partial charge in [-0.2, -0.15) is 0 Å². The highest BCUT2D eigenvalue weighted by Gasteiger charge is 2.11. The number of aromatic hydroxyl groups is 1. The number of nitrogens with zero attached hydrogens (tertiary/aromatic N) is 1. The first-order chi connectivity index (χ1) is 9.68. The van der Waals surface area contributed by atoms with E-state index in [0.717, 1.165) is 18.4 Å². The van der Waals surface area contributed by atoms with Crippen molar-refractivity contribution in [3.8, 4) is 5.75 Å². The number of benzene rings is 1. The molecule has 4 heteroatoms. The van der Waals surface area contributed by atoms with E-state index in [4.69, 9.17) is 0 Å². The number of carbonyl (C=O) groups excluding carboxylic acids is 1.